The quantitative estimate of drug-likeness (QED) is 0.625. The third kappa shape index (κ3) is 1.21. The molecule has 2 heteroatoms. The Hall–Kier alpha value is -1.96. The molecule has 4 rings (SSSR count). The van der Waals surface area contributed by atoms with E-state index in [-0.39, 0.29) is 0 Å². The standard InChI is InChI=1S/C15H13NO/c1-4-11-10-12-5-3-9-17-15(12)13-6-2-8-16(7-1)14(11)13/h1-5,7-8H,6,9-10H2. The molecule has 0 bridgehead atoms. The van der Waals surface area contributed by atoms with Crippen LogP contribution in [0.5, 0.6) is 0 Å². The van der Waals surface area contributed by atoms with E-state index < -0.39 is 0 Å². The summed E-state index contributed by atoms with van der Waals surface area (Å²) >= 11 is 0. The van der Waals surface area contributed by atoms with Gasteiger partial charge in [0.05, 0.1) is 5.70 Å². The van der Waals surface area contributed by atoms with Crippen molar-refractivity contribution in [1.29, 1.82) is 0 Å². The molecule has 4 aliphatic rings. The van der Waals surface area contributed by atoms with E-state index in [4.69, 9.17) is 4.74 Å². The molecule has 0 spiro atoms. The molecule has 0 atom stereocenters. The number of allylic oxidation sites excluding steroid dienone is 7. The van der Waals surface area contributed by atoms with Crippen LogP contribution < -0.4 is 0 Å². The number of hydrogen-bond acceptors (Lipinski definition) is 2. The molecular formula is C15H13NO. The summed E-state index contributed by atoms with van der Waals surface area (Å²) in [6.45, 7) is 0.703. The highest BCUT2D eigenvalue weighted by Gasteiger charge is 2.30. The topological polar surface area (TPSA) is 12.5 Å². The summed E-state index contributed by atoms with van der Waals surface area (Å²) in [7, 11) is 0. The van der Waals surface area contributed by atoms with Gasteiger partial charge in [0.2, 0.25) is 0 Å². The van der Waals surface area contributed by atoms with Crippen LogP contribution in [0, 0.1) is 0 Å². The molecule has 0 amide bonds. The Labute approximate surface area is 101 Å². The van der Waals surface area contributed by atoms with E-state index in [2.05, 4.69) is 47.7 Å². The predicted octanol–water partition coefficient (Wildman–Crippen LogP) is 3.16. The van der Waals surface area contributed by atoms with E-state index >= 15 is 0 Å². The molecule has 0 N–H and O–H groups in total. The largest absolute Gasteiger partial charge is 0.489 e. The lowest BCUT2D eigenvalue weighted by atomic mass is 9.85. The molecule has 0 radical (unpaired) electrons. The molecule has 1 aliphatic carbocycles. The highest BCUT2D eigenvalue weighted by Crippen LogP contribution is 2.43. The minimum atomic E-state index is 0.703. The third-order valence-corrected chi connectivity index (χ3v) is 3.57. The fourth-order valence-electron chi connectivity index (χ4n) is 2.88. The Balaban J connectivity index is 1.93. The molecule has 0 aromatic heterocycles. The average molecular weight is 223 g/mol. The van der Waals surface area contributed by atoms with E-state index in [0.29, 0.717) is 6.61 Å². The van der Waals surface area contributed by atoms with Crippen LogP contribution in [-0.4, -0.2) is 11.5 Å². The summed E-state index contributed by atoms with van der Waals surface area (Å²) in [6.07, 6.45) is 17.1. The summed E-state index contributed by atoms with van der Waals surface area (Å²) in [5.74, 6) is 1.12. The summed E-state index contributed by atoms with van der Waals surface area (Å²) in [6, 6.07) is 0. The second kappa shape index (κ2) is 3.27. The Morgan fingerprint density at radius 1 is 1.18 bits per heavy atom. The molecular weight excluding hydrogens is 210 g/mol. The maximum absolute atomic E-state index is 5.84. The first kappa shape index (κ1) is 9.11. The van der Waals surface area contributed by atoms with E-state index in [1.54, 1.807) is 0 Å². The van der Waals surface area contributed by atoms with Gasteiger partial charge in [-0.2, -0.15) is 0 Å². The Morgan fingerprint density at radius 3 is 3.18 bits per heavy atom. The minimum absolute atomic E-state index is 0.703. The fraction of sp³-hybridized carbons (Fsp3) is 0.200. The SMILES string of the molecule is C1=CN2C=CCC3=C2C(=C1)CC1=C3OCC=C1. The lowest BCUT2D eigenvalue weighted by Crippen LogP contribution is -2.24. The van der Waals surface area contributed by atoms with Gasteiger partial charge in [-0.3, -0.25) is 0 Å². The number of fused-ring (bicyclic) bond motifs is 1. The van der Waals surface area contributed by atoms with Crippen LogP contribution in [0.2, 0.25) is 0 Å². The third-order valence-electron chi connectivity index (χ3n) is 3.57. The summed E-state index contributed by atoms with van der Waals surface area (Å²) in [5.41, 5.74) is 5.41. The van der Waals surface area contributed by atoms with Crippen molar-refractivity contribution in [3.63, 3.8) is 0 Å². The van der Waals surface area contributed by atoms with E-state index in [1.165, 1.54) is 22.4 Å². The van der Waals surface area contributed by atoms with Gasteiger partial charge in [-0.05, 0) is 29.7 Å². The van der Waals surface area contributed by atoms with Gasteiger partial charge in [-0.1, -0.05) is 18.2 Å². The van der Waals surface area contributed by atoms with Crippen molar-refractivity contribution in [3.05, 3.63) is 71.0 Å². The van der Waals surface area contributed by atoms with Gasteiger partial charge >= 0.3 is 0 Å². The highest BCUT2D eigenvalue weighted by molar-refractivity contribution is 5.58. The zero-order chi connectivity index (χ0) is 11.2. The van der Waals surface area contributed by atoms with Crippen molar-refractivity contribution < 1.29 is 4.74 Å². The maximum Gasteiger partial charge on any atom is 0.128 e. The monoisotopic (exact) mass is 223 g/mol. The van der Waals surface area contributed by atoms with E-state index in [1.807, 2.05) is 0 Å². The molecule has 3 heterocycles. The van der Waals surface area contributed by atoms with Crippen LogP contribution >= 0.6 is 0 Å². The second-order valence-electron chi connectivity index (χ2n) is 4.60. The zero-order valence-electron chi connectivity index (χ0n) is 9.52. The molecule has 17 heavy (non-hydrogen) atoms. The van der Waals surface area contributed by atoms with Crippen molar-refractivity contribution in [3.8, 4) is 0 Å². The number of nitrogens with zero attached hydrogens (tertiary/aromatic N) is 1. The van der Waals surface area contributed by atoms with Crippen LogP contribution in [0.15, 0.2) is 71.0 Å². The lowest BCUT2D eigenvalue weighted by molar-refractivity contribution is 0.242. The van der Waals surface area contributed by atoms with Gasteiger partial charge in [0, 0.05) is 24.4 Å². The van der Waals surface area contributed by atoms with Gasteiger partial charge in [-0.25, -0.2) is 0 Å². The van der Waals surface area contributed by atoms with Crippen molar-refractivity contribution in [2.45, 2.75) is 12.8 Å². The van der Waals surface area contributed by atoms with Crippen LogP contribution in [0.1, 0.15) is 12.8 Å². The molecule has 3 aliphatic heterocycles. The molecule has 0 aromatic carbocycles. The molecule has 2 nitrogen and oxygen atoms in total. The molecule has 0 aromatic rings. The first-order valence-electron chi connectivity index (χ1n) is 6.02. The predicted molar refractivity (Wildman–Crippen MR) is 66.6 cm³/mol. The summed E-state index contributed by atoms with van der Waals surface area (Å²) in [4.78, 5) is 2.21. The zero-order valence-corrected chi connectivity index (χ0v) is 9.52. The lowest BCUT2D eigenvalue weighted by Gasteiger charge is -2.36. The van der Waals surface area contributed by atoms with Crippen LogP contribution in [0.4, 0.5) is 0 Å². The fourth-order valence-corrected chi connectivity index (χ4v) is 2.88. The number of hydrogen-bond donors (Lipinski definition) is 0. The Morgan fingerprint density at radius 2 is 2.18 bits per heavy atom. The van der Waals surface area contributed by atoms with Crippen molar-refractivity contribution in [2.75, 3.05) is 6.61 Å². The summed E-state index contributed by atoms with van der Waals surface area (Å²) in [5, 5.41) is 0. The second-order valence-corrected chi connectivity index (χ2v) is 4.60. The van der Waals surface area contributed by atoms with Gasteiger partial charge in [0.1, 0.15) is 12.4 Å². The first-order valence-corrected chi connectivity index (χ1v) is 6.02. The maximum atomic E-state index is 5.84. The smallest absolute Gasteiger partial charge is 0.128 e. The highest BCUT2D eigenvalue weighted by atomic mass is 16.5. The van der Waals surface area contributed by atoms with E-state index in [0.717, 1.165) is 18.6 Å². The van der Waals surface area contributed by atoms with Crippen LogP contribution in [0.3, 0.4) is 0 Å². The normalized spacial score (nSPS) is 24.5. The first-order chi connectivity index (χ1) is 8.43. The van der Waals surface area contributed by atoms with Gasteiger partial charge in [-0.15, -0.1) is 0 Å². The molecule has 0 fully saturated rings. The average Bonchev–Trinajstić information content (AvgIpc) is 2.39. The Bertz CT molecular complexity index is 570. The molecule has 0 saturated carbocycles. The summed E-state index contributed by atoms with van der Waals surface area (Å²) < 4.78 is 5.84. The van der Waals surface area contributed by atoms with Crippen molar-refractivity contribution in [2.24, 2.45) is 0 Å². The van der Waals surface area contributed by atoms with E-state index in [9.17, 15) is 0 Å². The molecule has 84 valence electrons. The molecule has 0 unspecified atom stereocenters. The van der Waals surface area contributed by atoms with Crippen LogP contribution in [0.25, 0.3) is 0 Å². The van der Waals surface area contributed by atoms with Gasteiger partial charge in [0.25, 0.3) is 0 Å². The number of ether oxygens (including phenoxy) is 1. The Kier molecular flexibility index (Phi) is 1.75. The van der Waals surface area contributed by atoms with Gasteiger partial charge in [0.15, 0.2) is 0 Å². The van der Waals surface area contributed by atoms with Crippen LogP contribution in [-0.2, 0) is 4.74 Å². The number of rotatable bonds is 0. The minimum Gasteiger partial charge on any atom is -0.489 e. The van der Waals surface area contributed by atoms with Crippen molar-refractivity contribution in [1.82, 2.24) is 4.90 Å². The van der Waals surface area contributed by atoms with Crippen molar-refractivity contribution >= 4 is 0 Å². The molecule has 0 saturated heterocycles. The van der Waals surface area contributed by atoms with Gasteiger partial charge < -0.3 is 9.64 Å².